The lowest BCUT2D eigenvalue weighted by Crippen LogP contribution is -2.31. The van der Waals surface area contributed by atoms with Crippen molar-refractivity contribution in [2.75, 3.05) is 33.4 Å². The Morgan fingerprint density at radius 3 is 3.00 bits per heavy atom. The Balaban J connectivity index is 1.27. The van der Waals surface area contributed by atoms with Crippen LogP contribution >= 0.6 is 0 Å². The standard InChI is InChI=1S/C20H24N4O2/c1-25-17-4-2-3-16-11-14(13-26-19(16)17)12-23-8-7-18-21-20(15-5-6-15)22-24(18)10-9-23/h2-4,11,15H,5-10,12-13H2,1H3. The number of fused-ring (bicyclic) bond motifs is 2. The van der Waals surface area contributed by atoms with Crippen LogP contribution in [0.4, 0.5) is 0 Å². The highest BCUT2D eigenvalue weighted by Gasteiger charge is 2.29. The number of methoxy groups -OCH3 is 1. The molecule has 1 aromatic heterocycles. The molecule has 6 heteroatoms. The molecule has 0 radical (unpaired) electrons. The van der Waals surface area contributed by atoms with E-state index in [2.05, 4.69) is 21.7 Å². The van der Waals surface area contributed by atoms with E-state index in [0.29, 0.717) is 12.5 Å². The summed E-state index contributed by atoms with van der Waals surface area (Å²) in [5, 5.41) is 4.73. The minimum absolute atomic E-state index is 0.624. The molecule has 5 rings (SSSR count). The monoisotopic (exact) mass is 352 g/mol. The molecule has 1 saturated carbocycles. The van der Waals surface area contributed by atoms with Gasteiger partial charge in [-0.2, -0.15) is 5.10 Å². The van der Waals surface area contributed by atoms with E-state index in [0.717, 1.165) is 61.3 Å². The van der Waals surface area contributed by atoms with E-state index in [1.807, 2.05) is 12.1 Å². The third kappa shape index (κ3) is 2.98. The van der Waals surface area contributed by atoms with Crippen LogP contribution in [0.15, 0.2) is 23.8 Å². The second-order valence-corrected chi connectivity index (χ2v) is 7.38. The molecule has 0 N–H and O–H groups in total. The third-order valence-corrected chi connectivity index (χ3v) is 5.40. The summed E-state index contributed by atoms with van der Waals surface area (Å²) in [4.78, 5) is 7.25. The molecular formula is C20H24N4O2. The Labute approximate surface area is 153 Å². The largest absolute Gasteiger partial charge is 0.493 e. The smallest absolute Gasteiger partial charge is 0.168 e. The summed E-state index contributed by atoms with van der Waals surface area (Å²) < 4.78 is 13.5. The molecule has 0 amide bonds. The Morgan fingerprint density at radius 2 is 2.15 bits per heavy atom. The summed E-state index contributed by atoms with van der Waals surface area (Å²) in [7, 11) is 1.68. The van der Waals surface area contributed by atoms with Gasteiger partial charge in [0.15, 0.2) is 17.3 Å². The van der Waals surface area contributed by atoms with E-state index in [9.17, 15) is 0 Å². The van der Waals surface area contributed by atoms with Crippen LogP contribution in [0.1, 0.15) is 36.0 Å². The summed E-state index contributed by atoms with van der Waals surface area (Å²) in [6.07, 6.45) is 5.73. The first-order valence-corrected chi connectivity index (χ1v) is 9.45. The quantitative estimate of drug-likeness (QED) is 0.846. The molecule has 26 heavy (non-hydrogen) atoms. The van der Waals surface area contributed by atoms with Crippen LogP contribution in [0.3, 0.4) is 0 Å². The second-order valence-electron chi connectivity index (χ2n) is 7.38. The van der Waals surface area contributed by atoms with Crippen molar-refractivity contribution in [3.05, 3.63) is 41.0 Å². The fourth-order valence-corrected chi connectivity index (χ4v) is 3.80. The van der Waals surface area contributed by atoms with Crippen molar-refractivity contribution in [2.24, 2.45) is 0 Å². The molecule has 3 aliphatic rings. The van der Waals surface area contributed by atoms with Crippen molar-refractivity contribution < 1.29 is 9.47 Å². The molecule has 1 aromatic carbocycles. The van der Waals surface area contributed by atoms with Crippen LogP contribution in [0.25, 0.3) is 6.08 Å². The van der Waals surface area contributed by atoms with Gasteiger partial charge in [0.05, 0.1) is 13.7 Å². The number of ether oxygens (including phenoxy) is 2. The van der Waals surface area contributed by atoms with Crippen LogP contribution in [0.5, 0.6) is 11.5 Å². The minimum atomic E-state index is 0.624. The average Bonchev–Trinajstić information content (AvgIpc) is 3.46. The lowest BCUT2D eigenvalue weighted by Gasteiger charge is -2.25. The highest BCUT2D eigenvalue weighted by Crippen LogP contribution is 2.38. The molecule has 3 heterocycles. The molecule has 2 aromatic rings. The molecule has 0 unspecified atom stereocenters. The molecular weight excluding hydrogens is 328 g/mol. The number of aromatic nitrogens is 3. The van der Waals surface area contributed by atoms with Crippen LogP contribution < -0.4 is 9.47 Å². The van der Waals surface area contributed by atoms with Gasteiger partial charge in [-0.1, -0.05) is 12.1 Å². The molecule has 6 nitrogen and oxygen atoms in total. The van der Waals surface area contributed by atoms with Gasteiger partial charge in [0, 0.05) is 37.5 Å². The van der Waals surface area contributed by atoms with Gasteiger partial charge in [0.25, 0.3) is 0 Å². The first-order valence-electron chi connectivity index (χ1n) is 9.45. The molecule has 0 saturated heterocycles. The summed E-state index contributed by atoms with van der Waals surface area (Å²) >= 11 is 0. The van der Waals surface area contributed by atoms with Gasteiger partial charge in [0.2, 0.25) is 0 Å². The first-order chi connectivity index (χ1) is 12.8. The summed E-state index contributed by atoms with van der Waals surface area (Å²) in [5.41, 5.74) is 2.40. The molecule has 2 aliphatic heterocycles. The number of rotatable bonds is 4. The molecule has 0 atom stereocenters. The first kappa shape index (κ1) is 15.9. The fraction of sp³-hybridized carbons (Fsp3) is 0.500. The van der Waals surface area contributed by atoms with Crippen molar-refractivity contribution in [1.29, 1.82) is 0 Å². The van der Waals surface area contributed by atoms with E-state index in [1.54, 1.807) is 7.11 Å². The molecule has 136 valence electrons. The molecule has 1 fully saturated rings. The van der Waals surface area contributed by atoms with Gasteiger partial charge in [0.1, 0.15) is 12.4 Å². The maximum Gasteiger partial charge on any atom is 0.168 e. The van der Waals surface area contributed by atoms with E-state index in [4.69, 9.17) is 19.6 Å². The molecule has 0 spiro atoms. The van der Waals surface area contributed by atoms with Crippen molar-refractivity contribution in [3.63, 3.8) is 0 Å². The van der Waals surface area contributed by atoms with E-state index < -0.39 is 0 Å². The van der Waals surface area contributed by atoms with Gasteiger partial charge in [-0.15, -0.1) is 0 Å². The maximum absolute atomic E-state index is 5.98. The summed E-state index contributed by atoms with van der Waals surface area (Å²) in [6.45, 7) is 4.50. The predicted octanol–water partition coefficient (Wildman–Crippen LogP) is 2.50. The molecule has 0 bridgehead atoms. The van der Waals surface area contributed by atoms with E-state index in [-0.39, 0.29) is 0 Å². The van der Waals surface area contributed by atoms with Crippen molar-refractivity contribution >= 4 is 6.08 Å². The van der Waals surface area contributed by atoms with Crippen LogP contribution in [0.2, 0.25) is 0 Å². The Kier molecular flexibility index (Phi) is 3.93. The van der Waals surface area contributed by atoms with Gasteiger partial charge in [-0.3, -0.25) is 4.90 Å². The van der Waals surface area contributed by atoms with Gasteiger partial charge < -0.3 is 9.47 Å². The van der Waals surface area contributed by atoms with Gasteiger partial charge >= 0.3 is 0 Å². The van der Waals surface area contributed by atoms with Crippen molar-refractivity contribution in [1.82, 2.24) is 19.7 Å². The zero-order valence-electron chi connectivity index (χ0n) is 15.1. The lowest BCUT2D eigenvalue weighted by molar-refractivity contribution is 0.269. The third-order valence-electron chi connectivity index (χ3n) is 5.40. The zero-order valence-corrected chi connectivity index (χ0v) is 15.1. The fourth-order valence-electron chi connectivity index (χ4n) is 3.80. The Morgan fingerprint density at radius 1 is 1.23 bits per heavy atom. The van der Waals surface area contributed by atoms with Crippen molar-refractivity contribution in [2.45, 2.75) is 31.7 Å². The SMILES string of the molecule is COc1cccc2c1OCC(CN1CCc3nc(C4CC4)nn3CC1)=C2. The number of hydrogen-bond acceptors (Lipinski definition) is 5. The summed E-state index contributed by atoms with van der Waals surface area (Å²) in [5.74, 6) is 4.51. The second kappa shape index (κ2) is 6.43. The summed E-state index contributed by atoms with van der Waals surface area (Å²) in [6, 6.07) is 6.03. The van der Waals surface area contributed by atoms with Crippen LogP contribution in [-0.2, 0) is 13.0 Å². The number of benzene rings is 1. The maximum atomic E-state index is 5.98. The van der Waals surface area contributed by atoms with Gasteiger partial charge in [-0.05, 0) is 30.6 Å². The Bertz CT molecular complexity index is 828. The highest BCUT2D eigenvalue weighted by molar-refractivity contribution is 5.66. The van der Waals surface area contributed by atoms with Crippen LogP contribution in [0, 0.1) is 0 Å². The Hall–Kier alpha value is -2.34. The van der Waals surface area contributed by atoms with E-state index >= 15 is 0 Å². The normalized spacial score (nSPS) is 19.8. The lowest BCUT2D eigenvalue weighted by atomic mass is 10.1. The number of nitrogens with zero attached hydrogens (tertiary/aromatic N) is 4. The predicted molar refractivity (Wildman–Crippen MR) is 98.6 cm³/mol. The van der Waals surface area contributed by atoms with E-state index in [1.165, 1.54) is 18.4 Å². The average molecular weight is 352 g/mol. The zero-order chi connectivity index (χ0) is 17.5. The van der Waals surface area contributed by atoms with Gasteiger partial charge in [-0.25, -0.2) is 9.67 Å². The number of para-hydroxylation sites is 1. The van der Waals surface area contributed by atoms with Crippen LogP contribution in [-0.4, -0.2) is 53.0 Å². The number of hydrogen-bond donors (Lipinski definition) is 0. The topological polar surface area (TPSA) is 52.4 Å². The molecule has 1 aliphatic carbocycles. The van der Waals surface area contributed by atoms with Crippen molar-refractivity contribution in [3.8, 4) is 11.5 Å². The highest BCUT2D eigenvalue weighted by atomic mass is 16.5. The minimum Gasteiger partial charge on any atom is -0.493 e.